The molecule has 282 valence electrons. The molecular weight excluding hydrogens is 747 g/mol. The van der Waals surface area contributed by atoms with Gasteiger partial charge in [-0.25, -0.2) is 0 Å². The highest BCUT2D eigenvalue weighted by atomic mass is 31.1. The SMILES string of the molecule is O=C(N[C@H](c1ccccc1)[C@H](NC(=O)c1ccccc1P(c1ccccc1)c1ccccc1)c1ccccc1)c1ccccc1P(c1ccccc1)c1ccccc1. The Morgan fingerprint density at radius 2 is 0.552 bits per heavy atom. The average molecular weight is 789 g/mol. The molecule has 0 saturated carbocycles. The van der Waals surface area contributed by atoms with E-state index >= 15 is 0 Å². The molecule has 0 aliphatic carbocycles. The highest BCUT2D eigenvalue weighted by Gasteiger charge is 2.32. The number of amides is 2. The fourth-order valence-corrected chi connectivity index (χ4v) is 12.3. The second-order valence-corrected chi connectivity index (χ2v) is 18.1. The molecule has 0 saturated heterocycles. The zero-order chi connectivity index (χ0) is 39.5. The highest BCUT2D eigenvalue weighted by Crippen LogP contribution is 2.37. The summed E-state index contributed by atoms with van der Waals surface area (Å²) >= 11 is 0. The first-order chi connectivity index (χ1) is 28.7. The lowest BCUT2D eigenvalue weighted by atomic mass is 9.92. The zero-order valence-electron chi connectivity index (χ0n) is 31.8. The standard InChI is InChI=1S/C52H42N2O2P2/c55-51(45-35-19-21-37-47(45)57(41-27-11-3-12-28-41)42-29-13-4-14-30-42)53-49(39-23-7-1-8-24-39)50(40-25-9-2-10-26-40)54-52(56)46-36-20-22-38-48(46)58(43-31-15-5-16-32-43)44-33-17-6-18-34-44/h1-38,49-50H,(H,53,55)(H,54,56)/t49-,50-/m1/s1. The summed E-state index contributed by atoms with van der Waals surface area (Å²) < 4.78 is 0. The minimum atomic E-state index is -1.06. The van der Waals surface area contributed by atoms with Crippen molar-refractivity contribution >= 4 is 59.5 Å². The fourth-order valence-electron chi connectivity index (χ4n) is 7.36. The van der Waals surface area contributed by atoms with Crippen molar-refractivity contribution in [3.8, 4) is 0 Å². The van der Waals surface area contributed by atoms with Crippen LogP contribution in [0.25, 0.3) is 0 Å². The van der Waals surface area contributed by atoms with Gasteiger partial charge in [0.15, 0.2) is 0 Å². The van der Waals surface area contributed by atoms with E-state index in [0.717, 1.165) is 43.0 Å². The second kappa shape index (κ2) is 18.7. The van der Waals surface area contributed by atoms with E-state index in [1.54, 1.807) is 0 Å². The lowest BCUT2D eigenvalue weighted by Crippen LogP contribution is -2.43. The molecule has 0 aromatic heterocycles. The molecule has 0 bridgehead atoms. The van der Waals surface area contributed by atoms with Crippen molar-refractivity contribution in [3.63, 3.8) is 0 Å². The normalized spacial score (nSPS) is 12.1. The molecule has 0 heterocycles. The van der Waals surface area contributed by atoms with Crippen LogP contribution in [0.4, 0.5) is 0 Å². The van der Waals surface area contributed by atoms with Crippen LogP contribution in [0.15, 0.2) is 231 Å². The number of carbonyl (C=O) groups excluding carboxylic acids is 2. The van der Waals surface area contributed by atoms with Crippen molar-refractivity contribution in [1.29, 1.82) is 0 Å². The molecule has 0 aliphatic heterocycles. The number of hydrogen-bond acceptors (Lipinski definition) is 2. The van der Waals surface area contributed by atoms with Crippen LogP contribution in [0.1, 0.15) is 43.9 Å². The van der Waals surface area contributed by atoms with Crippen molar-refractivity contribution in [2.45, 2.75) is 12.1 Å². The predicted octanol–water partition coefficient (Wildman–Crippen LogP) is 8.85. The van der Waals surface area contributed by atoms with Gasteiger partial charge in [-0.1, -0.05) is 218 Å². The van der Waals surface area contributed by atoms with E-state index in [1.807, 2.05) is 121 Å². The number of rotatable bonds is 13. The van der Waals surface area contributed by atoms with Gasteiger partial charge in [-0.15, -0.1) is 0 Å². The van der Waals surface area contributed by atoms with Gasteiger partial charge in [-0.3, -0.25) is 9.59 Å². The number of nitrogens with one attached hydrogen (secondary N) is 2. The van der Waals surface area contributed by atoms with E-state index < -0.39 is 27.9 Å². The Hall–Kier alpha value is -6.44. The first-order valence-electron chi connectivity index (χ1n) is 19.4. The fraction of sp³-hybridized carbons (Fsp3) is 0.0385. The van der Waals surface area contributed by atoms with Gasteiger partial charge in [0, 0.05) is 11.1 Å². The van der Waals surface area contributed by atoms with Gasteiger partial charge in [-0.2, -0.15) is 0 Å². The summed E-state index contributed by atoms with van der Waals surface area (Å²) in [5.41, 5.74) is 2.95. The van der Waals surface area contributed by atoms with Gasteiger partial charge in [0.1, 0.15) is 0 Å². The van der Waals surface area contributed by atoms with Crippen LogP contribution >= 0.6 is 15.8 Å². The van der Waals surface area contributed by atoms with Crippen molar-refractivity contribution < 1.29 is 9.59 Å². The number of carbonyl (C=O) groups is 2. The molecule has 8 rings (SSSR count). The molecule has 2 N–H and O–H groups in total. The van der Waals surface area contributed by atoms with E-state index in [-0.39, 0.29) is 11.8 Å². The van der Waals surface area contributed by atoms with Crippen LogP contribution in [0, 0.1) is 0 Å². The summed E-state index contributed by atoms with van der Waals surface area (Å²) in [6.45, 7) is 0. The molecular formula is C52H42N2O2P2. The highest BCUT2D eigenvalue weighted by molar-refractivity contribution is 7.80. The monoisotopic (exact) mass is 788 g/mol. The molecule has 2 atom stereocenters. The van der Waals surface area contributed by atoms with Gasteiger partial charge < -0.3 is 10.6 Å². The largest absolute Gasteiger partial charge is 0.343 e. The van der Waals surface area contributed by atoms with Gasteiger partial charge in [0.05, 0.1) is 12.1 Å². The van der Waals surface area contributed by atoms with Crippen LogP contribution < -0.4 is 42.5 Å². The third-order valence-corrected chi connectivity index (χ3v) is 15.1. The van der Waals surface area contributed by atoms with Crippen molar-refractivity contribution in [2.75, 3.05) is 0 Å². The minimum absolute atomic E-state index is 0.212. The Kier molecular flexibility index (Phi) is 12.4. The Balaban J connectivity index is 1.20. The van der Waals surface area contributed by atoms with Gasteiger partial charge in [0.25, 0.3) is 11.8 Å². The number of hydrogen-bond donors (Lipinski definition) is 2. The van der Waals surface area contributed by atoms with Gasteiger partial charge >= 0.3 is 0 Å². The summed E-state index contributed by atoms with van der Waals surface area (Å²) in [5, 5.41) is 13.5. The van der Waals surface area contributed by atoms with Crippen LogP contribution in [0.5, 0.6) is 0 Å². The van der Waals surface area contributed by atoms with Crippen LogP contribution in [-0.4, -0.2) is 11.8 Å². The van der Waals surface area contributed by atoms with Crippen LogP contribution in [0.2, 0.25) is 0 Å². The smallest absolute Gasteiger partial charge is 0.252 e. The Labute approximate surface area is 343 Å². The molecule has 0 radical (unpaired) electrons. The third-order valence-electron chi connectivity index (χ3n) is 10.1. The number of benzene rings is 8. The third kappa shape index (κ3) is 8.75. The summed E-state index contributed by atoms with van der Waals surface area (Å²) in [6, 6.07) is 76.1. The minimum Gasteiger partial charge on any atom is -0.343 e. The van der Waals surface area contributed by atoms with Gasteiger partial charge in [0.2, 0.25) is 0 Å². The molecule has 0 unspecified atom stereocenters. The van der Waals surface area contributed by atoms with E-state index in [0.29, 0.717) is 11.1 Å². The van der Waals surface area contributed by atoms with Gasteiger partial charge in [-0.05, 0) is 70.9 Å². The molecule has 8 aromatic carbocycles. The second-order valence-electron chi connectivity index (χ2n) is 13.8. The topological polar surface area (TPSA) is 58.2 Å². The maximum Gasteiger partial charge on any atom is 0.252 e. The summed E-state index contributed by atoms with van der Waals surface area (Å²) in [5.74, 6) is -0.424. The van der Waals surface area contributed by atoms with E-state index in [4.69, 9.17) is 0 Å². The Bertz CT molecular complexity index is 2300. The van der Waals surface area contributed by atoms with Crippen molar-refractivity contribution in [2.24, 2.45) is 0 Å². The summed E-state index contributed by atoms with van der Waals surface area (Å²) in [7, 11) is -2.12. The van der Waals surface area contributed by atoms with E-state index in [2.05, 4.69) is 120 Å². The van der Waals surface area contributed by atoms with Crippen LogP contribution in [-0.2, 0) is 0 Å². The Morgan fingerprint density at radius 3 is 0.845 bits per heavy atom. The molecule has 0 aliphatic rings. The summed E-state index contributed by atoms with van der Waals surface area (Å²) in [6.07, 6.45) is 0. The lowest BCUT2D eigenvalue weighted by Gasteiger charge is -2.31. The molecule has 2 amide bonds. The summed E-state index contributed by atoms with van der Waals surface area (Å²) in [4.78, 5) is 29.9. The maximum atomic E-state index is 15.0. The quantitative estimate of drug-likeness (QED) is 0.115. The zero-order valence-corrected chi connectivity index (χ0v) is 33.6. The average Bonchev–Trinajstić information content (AvgIpc) is 3.30. The lowest BCUT2D eigenvalue weighted by molar-refractivity contribution is 0.0883. The first-order valence-corrected chi connectivity index (χ1v) is 22.0. The van der Waals surface area contributed by atoms with E-state index in [1.165, 1.54) is 0 Å². The van der Waals surface area contributed by atoms with Crippen molar-refractivity contribution in [1.82, 2.24) is 10.6 Å². The van der Waals surface area contributed by atoms with Crippen molar-refractivity contribution in [3.05, 3.63) is 253 Å². The maximum absolute atomic E-state index is 15.0. The molecule has 6 heteroatoms. The predicted molar refractivity (Wildman–Crippen MR) is 244 cm³/mol. The molecule has 58 heavy (non-hydrogen) atoms. The Morgan fingerprint density at radius 1 is 0.310 bits per heavy atom. The molecule has 0 fully saturated rings. The van der Waals surface area contributed by atoms with Crippen LogP contribution in [0.3, 0.4) is 0 Å². The molecule has 0 spiro atoms. The van der Waals surface area contributed by atoms with E-state index in [9.17, 15) is 9.59 Å². The molecule has 8 aromatic rings. The first kappa shape index (κ1) is 38.4. The molecule has 4 nitrogen and oxygen atoms in total.